The summed E-state index contributed by atoms with van der Waals surface area (Å²) in [6.45, 7) is 3.46. The summed E-state index contributed by atoms with van der Waals surface area (Å²) in [4.78, 5) is 6.87. The minimum atomic E-state index is 0.00910. The van der Waals surface area contributed by atoms with Gasteiger partial charge in [0.1, 0.15) is 11.4 Å². The van der Waals surface area contributed by atoms with Crippen LogP contribution < -0.4 is 4.90 Å². The predicted octanol–water partition coefficient (Wildman–Crippen LogP) is 2.42. The zero-order chi connectivity index (χ0) is 13.4. The summed E-state index contributed by atoms with van der Waals surface area (Å²) in [5.41, 5.74) is 0.902. The number of piperidine rings is 1. The first-order chi connectivity index (χ1) is 9.92. The van der Waals surface area contributed by atoms with Crippen LogP contribution >= 0.6 is 0 Å². The van der Waals surface area contributed by atoms with E-state index in [0.29, 0.717) is 5.92 Å². The number of aromatic nitrogens is 1. The average Bonchev–Trinajstić information content (AvgIpc) is 3.18. The normalized spacial score (nSPS) is 21.9. The molecule has 0 aliphatic carbocycles. The summed E-state index contributed by atoms with van der Waals surface area (Å²) in [6, 6.07) is 3.90. The van der Waals surface area contributed by atoms with E-state index in [-0.39, 0.29) is 6.29 Å². The molecule has 2 aromatic heterocycles. The maximum absolute atomic E-state index is 5.62. The van der Waals surface area contributed by atoms with Gasteiger partial charge in [0.15, 0.2) is 6.29 Å². The Bertz CT molecular complexity index is 584. The Morgan fingerprint density at radius 2 is 1.90 bits per heavy atom. The van der Waals surface area contributed by atoms with Crippen LogP contribution in [0.2, 0.25) is 0 Å². The minimum absolute atomic E-state index is 0.00910. The van der Waals surface area contributed by atoms with Crippen molar-refractivity contribution < 1.29 is 13.9 Å². The largest absolute Gasteiger partial charge is 0.464 e. The molecule has 0 amide bonds. The number of ether oxygens (including phenoxy) is 2. The van der Waals surface area contributed by atoms with E-state index in [1.54, 1.807) is 6.26 Å². The second-order valence-corrected chi connectivity index (χ2v) is 5.40. The molecule has 5 heteroatoms. The van der Waals surface area contributed by atoms with Crippen LogP contribution in [0.15, 0.2) is 29.0 Å². The van der Waals surface area contributed by atoms with E-state index >= 15 is 0 Å². The SMILES string of the molecule is c1cc2occc2c(N2CCC(C3OCCO3)CC2)n1. The van der Waals surface area contributed by atoms with Crippen molar-refractivity contribution in [1.82, 2.24) is 4.98 Å². The number of furan rings is 1. The van der Waals surface area contributed by atoms with Crippen LogP contribution in [0, 0.1) is 5.92 Å². The molecular weight excluding hydrogens is 256 g/mol. The lowest BCUT2D eigenvalue weighted by molar-refractivity contribution is -0.0889. The van der Waals surface area contributed by atoms with Crippen LogP contribution in [0.3, 0.4) is 0 Å². The van der Waals surface area contributed by atoms with Gasteiger partial charge in [0, 0.05) is 25.2 Å². The van der Waals surface area contributed by atoms with Gasteiger partial charge in [-0.1, -0.05) is 0 Å². The van der Waals surface area contributed by atoms with E-state index < -0.39 is 0 Å². The van der Waals surface area contributed by atoms with Crippen molar-refractivity contribution in [3.63, 3.8) is 0 Å². The molecule has 2 saturated heterocycles. The zero-order valence-corrected chi connectivity index (χ0v) is 11.3. The molecule has 2 aliphatic rings. The Balaban J connectivity index is 1.50. The second-order valence-electron chi connectivity index (χ2n) is 5.40. The third kappa shape index (κ3) is 2.07. The van der Waals surface area contributed by atoms with Crippen LogP contribution in [-0.4, -0.2) is 37.6 Å². The topological polar surface area (TPSA) is 47.7 Å². The first kappa shape index (κ1) is 12.2. The maximum Gasteiger partial charge on any atom is 0.160 e. The Morgan fingerprint density at radius 1 is 1.10 bits per heavy atom. The van der Waals surface area contributed by atoms with E-state index in [2.05, 4.69) is 9.88 Å². The molecule has 4 rings (SSSR count). The van der Waals surface area contributed by atoms with Gasteiger partial charge in [0.25, 0.3) is 0 Å². The molecular formula is C15H18N2O3. The lowest BCUT2D eigenvalue weighted by Gasteiger charge is -2.34. The van der Waals surface area contributed by atoms with Gasteiger partial charge in [-0.15, -0.1) is 0 Å². The van der Waals surface area contributed by atoms with Crippen molar-refractivity contribution in [3.05, 3.63) is 24.6 Å². The van der Waals surface area contributed by atoms with Crippen LogP contribution in [0.5, 0.6) is 0 Å². The number of anilines is 1. The summed E-state index contributed by atoms with van der Waals surface area (Å²) in [5.74, 6) is 1.54. The van der Waals surface area contributed by atoms with Crippen molar-refractivity contribution in [3.8, 4) is 0 Å². The number of hydrogen-bond donors (Lipinski definition) is 0. The van der Waals surface area contributed by atoms with Gasteiger partial charge in [-0.3, -0.25) is 0 Å². The molecule has 2 aliphatic heterocycles. The standard InChI is InChI=1S/C15H18N2O3/c1-5-16-14(12-4-8-18-13(1)12)17-6-2-11(3-7-17)15-19-9-10-20-15/h1,4-5,8,11,15H,2-3,6-7,9-10H2. The van der Waals surface area contributed by atoms with Crippen molar-refractivity contribution in [2.24, 2.45) is 5.92 Å². The first-order valence-corrected chi connectivity index (χ1v) is 7.22. The smallest absolute Gasteiger partial charge is 0.160 e. The lowest BCUT2D eigenvalue weighted by atomic mass is 9.96. The Labute approximate surface area is 117 Å². The summed E-state index contributed by atoms with van der Waals surface area (Å²) < 4.78 is 16.7. The highest BCUT2D eigenvalue weighted by atomic mass is 16.7. The van der Waals surface area contributed by atoms with Gasteiger partial charge in [-0.2, -0.15) is 0 Å². The van der Waals surface area contributed by atoms with E-state index in [1.807, 2.05) is 18.3 Å². The maximum atomic E-state index is 5.62. The molecule has 4 heterocycles. The summed E-state index contributed by atoms with van der Waals surface area (Å²) in [5, 5.41) is 1.10. The third-order valence-electron chi connectivity index (χ3n) is 4.23. The fourth-order valence-corrected chi connectivity index (χ4v) is 3.16. The number of hydrogen-bond acceptors (Lipinski definition) is 5. The van der Waals surface area contributed by atoms with Gasteiger partial charge in [0.05, 0.1) is 24.9 Å². The quantitative estimate of drug-likeness (QED) is 0.841. The van der Waals surface area contributed by atoms with Crippen LogP contribution in [-0.2, 0) is 9.47 Å². The fraction of sp³-hybridized carbons (Fsp3) is 0.533. The lowest BCUT2D eigenvalue weighted by Crippen LogP contribution is -2.38. The third-order valence-corrected chi connectivity index (χ3v) is 4.23. The van der Waals surface area contributed by atoms with Gasteiger partial charge in [0.2, 0.25) is 0 Å². The van der Waals surface area contributed by atoms with Gasteiger partial charge in [-0.05, 0) is 25.0 Å². The Kier molecular flexibility index (Phi) is 3.09. The number of pyridine rings is 1. The molecule has 2 aromatic rings. The molecule has 0 N–H and O–H groups in total. The molecule has 106 valence electrons. The molecule has 0 unspecified atom stereocenters. The van der Waals surface area contributed by atoms with Crippen molar-refractivity contribution >= 4 is 16.8 Å². The highest BCUT2D eigenvalue weighted by Gasteiger charge is 2.31. The van der Waals surface area contributed by atoms with E-state index in [0.717, 1.165) is 55.9 Å². The number of rotatable bonds is 2. The number of fused-ring (bicyclic) bond motifs is 1. The second kappa shape index (κ2) is 5.07. The molecule has 0 atom stereocenters. The molecule has 0 saturated carbocycles. The van der Waals surface area contributed by atoms with Crippen molar-refractivity contribution in [1.29, 1.82) is 0 Å². The first-order valence-electron chi connectivity index (χ1n) is 7.22. The highest BCUT2D eigenvalue weighted by Crippen LogP contribution is 2.31. The van der Waals surface area contributed by atoms with Gasteiger partial charge < -0.3 is 18.8 Å². The Hall–Kier alpha value is -1.59. The molecule has 0 bridgehead atoms. The van der Waals surface area contributed by atoms with Gasteiger partial charge in [-0.25, -0.2) is 4.98 Å². The van der Waals surface area contributed by atoms with Gasteiger partial charge >= 0.3 is 0 Å². The van der Waals surface area contributed by atoms with E-state index in [4.69, 9.17) is 13.9 Å². The molecule has 5 nitrogen and oxygen atoms in total. The van der Waals surface area contributed by atoms with Crippen molar-refractivity contribution in [2.45, 2.75) is 19.1 Å². The fourth-order valence-electron chi connectivity index (χ4n) is 3.16. The highest BCUT2D eigenvalue weighted by molar-refractivity contribution is 5.88. The molecule has 20 heavy (non-hydrogen) atoms. The molecule has 2 fully saturated rings. The summed E-state index contributed by atoms with van der Waals surface area (Å²) in [6.07, 6.45) is 5.72. The van der Waals surface area contributed by atoms with Crippen molar-refractivity contribution in [2.75, 3.05) is 31.2 Å². The Morgan fingerprint density at radius 3 is 2.70 bits per heavy atom. The summed E-state index contributed by atoms with van der Waals surface area (Å²) >= 11 is 0. The van der Waals surface area contributed by atoms with Crippen LogP contribution in [0.25, 0.3) is 11.0 Å². The summed E-state index contributed by atoms with van der Waals surface area (Å²) in [7, 11) is 0. The van der Waals surface area contributed by atoms with E-state index in [1.165, 1.54) is 0 Å². The zero-order valence-electron chi connectivity index (χ0n) is 11.3. The molecule has 0 aromatic carbocycles. The monoisotopic (exact) mass is 274 g/mol. The van der Waals surface area contributed by atoms with Crippen LogP contribution in [0.4, 0.5) is 5.82 Å². The average molecular weight is 274 g/mol. The van der Waals surface area contributed by atoms with Crippen LogP contribution in [0.1, 0.15) is 12.8 Å². The minimum Gasteiger partial charge on any atom is -0.464 e. The predicted molar refractivity (Wildman–Crippen MR) is 74.6 cm³/mol. The molecule has 0 radical (unpaired) electrons. The molecule has 0 spiro atoms. The van der Waals surface area contributed by atoms with E-state index in [9.17, 15) is 0 Å². The number of nitrogens with zero attached hydrogens (tertiary/aromatic N) is 2.